The third-order valence-corrected chi connectivity index (χ3v) is 11.1. The Morgan fingerprint density at radius 3 is 2.69 bits per heavy atom. The van der Waals surface area contributed by atoms with E-state index in [1.54, 1.807) is 18.0 Å². The first-order valence-corrected chi connectivity index (χ1v) is 14.2. The Balaban J connectivity index is 1.28. The molecule has 1 saturated heterocycles. The Morgan fingerprint density at radius 1 is 1.15 bits per heavy atom. The smallest absolute Gasteiger partial charge is 0.252 e. The number of carbonyl (C=O) groups is 1. The standard InChI is InChI=1S/C32H33N3O4/c1-34(17-20-5-3-2-4-6-20)27(37)22-16-30-11-12-32(22,38)28-31(30)13-14-35(19-29(18-33)9-10-29)24(30)15-21-7-8-23(36)26(39-28)25(21)31/h2-8,16,24,28,36,38H,9-15,17,19H2,1H3/t24-,28-,30-,31+,32-/m1/s1. The molecule has 2 aliphatic heterocycles. The van der Waals surface area contributed by atoms with Crippen molar-refractivity contribution in [1.29, 1.82) is 5.26 Å². The van der Waals surface area contributed by atoms with Crippen molar-refractivity contribution in [2.24, 2.45) is 10.8 Å². The van der Waals surface area contributed by atoms with E-state index in [0.717, 1.165) is 61.9 Å². The minimum atomic E-state index is -1.44. The summed E-state index contributed by atoms with van der Waals surface area (Å²) in [6.07, 6.45) is 6.10. The molecular weight excluding hydrogens is 490 g/mol. The number of rotatable bonds is 5. The van der Waals surface area contributed by atoms with Gasteiger partial charge in [-0.25, -0.2) is 0 Å². The maximum atomic E-state index is 14.1. The fourth-order valence-electron chi connectivity index (χ4n) is 9.12. The van der Waals surface area contributed by atoms with Gasteiger partial charge in [0.1, 0.15) is 11.7 Å². The first kappa shape index (κ1) is 23.5. The molecule has 7 nitrogen and oxygen atoms in total. The summed E-state index contributed by atoms with van der Waals surface area (Å²) in [4.78, 5) is 18.3. The summed E-state index contributed by atoms with van der Waals surface area (Å²) in [5.74, 6) is 0.418. The Hall–Kier alpha value is -3.34. The van der Waals surface area contributed by atoms with E-state index in [4.69, 9.17) is 4.74 Å². The summed E-state index contributed by atoms with van der Waals surface area (Å²) < 4.78 is 6.61. The van der Waals surface area contributed by atoms with Gasteiger partial charge in [-0.15, -0.1) is 0 Å². The van der Waals surface area contributed by atoms with E-state index in [9.17, 15) is 20.3 Å². The van der Waals surface area contributed by atoms with Crippen molar-refractivity contribution in [2.45, 2.75) is 68.2 Å². The summed E-state index contributed by atoms with van der Waals surface area (Å²) in [5.41, 5.74) is 1.02. The van der Waals surface area contributed by atoms with Crippen LogP contribution in [-0.2, 0) is 23.2 Å². The zero-order valence-electron chi connectivity index (χ0n) is 22.2. The topological polar surface area (TPSA) is 97.0 Å². The summed E-state index contributed by atoms with van der Waals surface area (Å²) in [5, 5.41) is 33.3. The average Bonchev–Trinajstić information content (AvgIpc) is 3.62. The molecule has 1 amide bonds. The fraction of sp³-hybridized carbons (Fsp3) is 0.500. The number of phenolic OH excluding ortho intramolecular Hbond substituents is 1. The minimum absolute atomic E-state index is 0.0956. The molecule has 4 bridgehead atoms. The second-order valence-electron chi connectivity index (χ2n) is 12.9. The van der Waals surface area contributed by atoms with Crippen molar-refractivity contribution >= 4 is 5.91 Å². The van der Waals surface area contributed by atoms with Crippen LogP contribution in [0.2, 0.25) is 0 Å². The quantitative estimate of drug-likeness (QED) is 0.623. The molecule has 200 valence electrons. The van der Waals surface area contributed by atoms with Crippen LogP contribution in [0.15, 0.2) is 54.1 Å². The maximum Gasteiger partial charge on any atom is 0.252 e. The van der Waals surface area contributed by atoms with E-state index >= 15 is 0 Å². The van der Waals surface area contributed by atoms with Gasteiger partial charge >= 0.3 is 0 Å². The van der Waals surface area contributed by atoms with E-state index in [1.807, 2.05) is 36.4 Å². The Bertz CT molecular complexity index is 1490. The van der Waals surface area contributed by atoms with E-state index in [1.165, 1.54) is 0 Å². The highest BCUT2D eigenvalue weighted by Gasteiger charge is 2.79. The SMILES string of the molecule is CN(Cc1ccccc1)C(=O)C1=C[C@@]23CC[C@]1(O)[C@@H]1Oc4c(O)ccc5c4[C@@]12CCN(CC1(C#N)CC1)[C@@H]3C5. The van der Waals surface area contributed by atoms with Crippen molar-refractivity contribution in [2.75, 3.05) is 20.1 Å². The molecule has 5 aliphatic carbocycles. The van der Waals surface area contributed by atoms with Crippen molar-refractivity contribution < 1.29 is 19.7 Å². The average molecular weight is 524 g/mol. The number of aliphatic hydroxyl groups is 1. The second-order valence-corrected chi connectivity index (χ2v) is 12.9. The molecule has 0 aromatic heterocycles. The van der Waals surface area contributed by atoms with Gasteiger partial charge in [-0.3, -0.25) is 9.69 Å². The van der Waals surface area contributed by atoms with Crippen molar-refractivity contribution in [3.05, 3.63) is 70.8 Å². The number of amides is 1. The van der Waals surface area contributed by atoms with Crippen LogP contribution in [0.5, 0.6) is 11.5 Å². The molecule has 0 unspecified atom stereocenters. The van der Waals surface area contributed by atoms with Gasteiger partial charge in [0, 0.05) is 42.7 Å². The molecule has 2 N–H and O–H groups in total. The number of likely N-dealkylation sites (N-methyl/N-ethyl adjacent to an activating group) is 1. The molecule has 2 heterocycles. The summed E-state index contributed by atoms with van der Waals surface area (Å²) in [7, 11) is 1.79. The molecule has 9 rings (SSSR count). The van der Waals surface area contributed by atoms with Crippen molar-refractivity contribution in [3.63, 3.8) is 0 Å². The van der Waals surface area contributed by atoms with Crippen LogP contribution < -0.4 is 4.74 Å². The van der Waals surface area contributed by atoms with Gasteiger partial charge in [0.05, 0.1) is 16.9 Å². The Kier molecular flexibility index (Phi) is 4.49. The molecule has 7 aliphatic rings. The Morgan fingerprint density at radius 2 is 1.95 bits per heavy atom. The predicted octanol–water partition coefficient (Wildman–Crippen LogP) is 3.44. The van der Waals surface area contributed by atoms with Gasteiger partial charge in [-0.1, -0.05) is 42.5 Å². The molecule has 3 fully saturated rings. The van der Waals surface area contributed by atoms with Crippen molar-refractivity contribution in [1.82, 2.24) is 9.80 Å². The third-order valence-electron chi connectivity index (χ3n) is 11.1. The lowest BCUT2D eigenvalue weighted by atomic mass is 9.38. The normalized spacial score (nSPS) is 35.9. The second kappa shape index (κ2) is 7.44. The van der Waals surface area contributed by atoms with Crippen LogP contribution >= 0.6 is 0 Å². The monoisotopic (exact) mass is 523 g/mol. The number of hydrogen-bond donors (Lipinski definition) is 2. The van der Waals surface area contributed by atoms with E-state index in [-0.39, 0.29) is 23.1 Å². The number of ether oxygens (including phenoxy) is 1. The van der Waals surface area contributed by atoms with Crippen LogP contribution in [0.4, 0.5) is 0 Å². The van der Waals surface area contributed by atoms with Crippen LogP contribution in [0.1, 0.15) is 48.8 Å². The highest BCUT2D eigenvalue weighted by molar-refractivity contribution is 5.97. The number of phenols is 1. The number of aromatic hydroxyl groups is 1. The van der Waals surface area contributed by atoms with Crippen LogP contribution in [0, 0.1) is 22.2 Å². The van der Waals surface area contributed by atoms with Crippen LogP contribution in [0.25, 0.3) is 0 Å². The van der Waals surface area contributed by atoms with Crippen molar-refractivity contribution in [3.8, 4) is 17.6 Å². The molecule has 2 aromatic rings. The zero-order chi connectivity index (χ0) is 26.8. The lowest BCUT2D eigenvalue weighted by molar-refractivity contribution is -0.188. The molecule has 0 radical (unpaired) electrons. The first-order chi connectivity index (χ1) is 18.8. The van der Waals surface area contributed by atoms with Gasteiger partial charge < -0.3 is 19.8 Å². The zero-order valence-corrected chi connectivity index (χ0v) is 22.2. The molecule has 39 heavy (non-hydrogen) atoms. The fourth-order valence-corrected chi connectivity index (χ4v) is 9.12. The molecule has 2 aromatic carbocycles. The third kappa shape index (κ3) is 2.76. The number of likely N-dealkylation sites (tertiary alicyclic amines) is 1. The highest BCUT2D eigenvalue weighted by Crippen LogP contribution is 2.74. The molecule has 2 spiro atoms. The molecule has 7 heteroatoms. The van der Waals surface area contributed by atoms with E-state index in [0.29, 0.717) is 24.3 Å². The minimum Gasteiger partial charge on any atom is -0.504 e. The largest absolute Gasteiger partial charge is 0.504 e. The van der Waals surface area contributed by atoms with Gasteiger partial charge in [-0.2, -0.15) is 5.26 Å². The predicted molar refractivity (Wildman–Crippen MR) is 143 cm³/mol. The summed E-state index contributed by atoms with van der Waals surface area (Å²) in [6.45, 7) is 2.00. The molecular formula is C32H33N3O4. The first-order valence-electron chi connectivity index (χ1n) is 14.2. The highest BCUT2D eigenvalue weighted by atomic mass is 16.5. The Labute approximate surface area is 228 Å². The number of piperidine rings is 1. The van der Waals surface area contributed by atoms with Gasteiger partial charge in [0.2, 0.25) is 0 Å². The number of nitriles is 1. The van der Waals surface area contributed by atoms with E-state index < -0.39 is 22.5 Å². The number of benzene rings is 2. The van der Waals surface area contributed by atoms with Gasteiger partial charge in [0.25, 0.3) is 5.91 Å². The van der Waals surface area contributed by atoms with Gasteiger partial charge in [0.15, 0.2) is 11.5 Å². The van der Waals surface area contributed by atoms with Gasteiger partial charge in [-0.05, 0) is 62.3 Å². The number of carbonyl (C=O) groups excluding carboxylic acids is 1. The number of hydrogen-bond acceptors (Lipinski definition) is 6. The summed E-state index contributed by atoms with van der Waals surface area (Å²) >= 11 is 0. The van der Waals surface area contributed by atoms with E-state index in [2.05, 4.69) is 17.0 Å². The summed E-state index contributed by atoms with van der Waals surface area (Å²) in [6, 6.07) is 16.3. The maximum absolute atomic E-state index is 14.1. The molecule has 2 saturated carbocycles. The number of nitrogens with zero attached hydrogens (tertiary/aromatic N) is 3. The van der Waals surface area contributed by atoms with Crippen LogP contribution in [-0.4, -0.2) is 63.8 Å². The lowest BCUT2D eigenvalue weighted by Gasteiger charge is -2.70. The molecule has 5 atom stereocenters. The van der Waals surface area contributed by atoms with Crippen LogP contribution in [0.3, 0.4) is 0 Å². The lowest BCUT2D eigenvalue weighted by Crippen LogP contribution is -2.78. The number of fused-ring (bicyclic) bond motifs is 1.